The normalized spacial score (nSPS) is 22.3. The zero-order chi connectivity index (χ0) is 16.4. The summed E-state index contributed by atoms with van der Waals surface area (Å²) in [6.45, 7) is 0. The van der Waals surface area contributed by atoms with E-state index in [-0.39, 0.29) is 6.42 Å². The molecule has 4 heteroatoms. The molecular weight excluding hydrogens is 292 g/mol. The molecule has 0 unspecified atom stereocenters. The number of aliphatic carboxylic acids is 2. The van der Waals surface area contributed by atoms with E-state index in [1.807, 2.05) is 30.3 Å². The van der Waals surface area contributed by atoms with Crippen LogP contribution in [0.4, 0.5) is 0 Å². The topological polar surface area (TPSA) is 74.6 Å². The van der Waals surface area contributed by atoms with Gasteiger partial charge in [0.25, 0.3) is 0 Å². The fourth-order valence-electron chi connectivity index (χ4n) is 3.18. The molecule has 0 heterocycles. The zero-order valence-electron chi connectivity index (χ0n) is 12.3. The number of carboxylic acid groups (broad SMARTS) is 2. The van der Waals surface area contributed by atoms with Gasteiger partial charge >= 0.3 is 11.9 Å². The van der Waals surface area contributed by atoms with E-state index in [1.54, 1.807) is 24.3 Å². The van der Waals surface area contributed by atoms with E-state index in [4.69, 9.17) is 0 Å². The molecule has 0 saturated heterocycles. The molecule has 0 aromatic heterocycles. The minimum Gasteiger partial charge on any atom is -0.481 e. The Morgan fingerprint density at radius 1 is 0.957 bits per heavy atom. The van der Waals surface area contributed by atoms with Gasteiger partial charge in [-0.15, -0.1) is 0 Å². The van der Waals surface area contributed by atoms with Crippen LogP contribution in [0.2, 0.25) is 0 Å². The van der Waals surface area contributed by atoms with Crippen LogP contribution in [-0.2, 0) is 21.4 Å². The molecule has 2 atom stereocenters. The van der Waals surface area contributed by atoms with Gasteiger partial charge in [0.2, 0.25) is 0 Å². The summed E-state index contributed by atoms with van der Waals surface area (Å²) in [7, 11) is 0. The highest BCUT2D eigenvalue weighted by Crippen LogP contribution is 2.40. The van der Waals surface area contributed by atoms with Gasteiger partial charge in [0.05, 0.1) is 0 Å². The maximum atomic E-state index is 12.1. The zero-order valence-corrected chi connectivity index (χ0v) is 12.3. The third-order valence-corrected chi connectivity index (χ3v) is 4.32. The van der Waals surface area contributed by atoms with Gasteiger partial charge in [0.1, 0.15) is 11.3 Å². The molecule has 2 aromatic rings. The summed E-state index contributed by atoms with van der Waals surface area (Å²) < 4.78 is 0. The Balaban J connectivity index is 2.16. The maximum Gasteiger partial charge on any atom is 0.318 e. The van der Waals surface area contributed by atoms with Crippen LogP contribution < -0.4 is 0 Å². The van der Waals surface area contributed by atoms with Crippen molar-refractivity contribution in [3.8, 4) is 0 Å². The quantitative estimate of drug-likeness (QED) is 0.852. The summed E-state index contributed by atoms with van der Waals surface area (Å²) in [5.74, 6) is -2.77. The number of carbonyl (C=O) groups is 2. The molecule has 116 valence electrons. The predicted molar refractivity (Wildman–Crippen MR) is 85.4 cm³/mol. The Hall–Kier alpha value is -2.88. The van der Waals surface area contributed by atoms with E-state index in [0.29, 0.717) is 11.1 Å². The maximum absolute atomic E-state index is 12.1. The first-order valence-corrected chi connectivity index (χ1v) is 7.33. The summed E-state index contributed by atoms with van der Waals surface area (Å²) in [4.78, 5) is 23.6. The molecule has 1 aliphatic carbocycles. The molecule has 0 bridgehead atoms. The summed E-state index contributed by atoms with van der Waals surface area (Å²) >= 11 is 0. The van der Waals surface area contributed by atoms with Crippen molar-refractivity contribution in [1.82, 2.24) is 0 Å². The second-order valence-corrected chi connectivity index (χ2v) is 5.70. The van der Waals surface area contributed by atoms with Crippen LogP contribution in [0.1, 0.15) is 22.6 Å². The number of hydrogen-bond donors (Lipinski definition) is 2. The Labute approximate surface area is 133 Å². The third kappa shape index (κ3) is 2.52. The molecule has 0 fully saturated rings. The highest BCUT2D eigenvalue weighted by molar-refractivity contribution is 5.89. The van der Waals surface area contributed by atoms with Crippen molar-refractivity contribution in [1.29, 1.82) is 0 Å². The highest BCUT2D eigenvalue weighted by atomic mass is 16.4. The number of carboxylic acids is 2. The van der Waals surface area contributed by atoms with Crippen LogP contribution >= 0.6 is 0 Å². The van der Waals surface area contributed by atoms with Gasteiger partial charge in [-0.3, -0.25) is 9.59 Å². The highest BCUT2D eigenvalue weighted by Gasteiger charge is 2.44. The number of rotatable bonds is 4. The van der Waals surface area contributed by atoms with E-state index >= 15 is 0 Å². The smallest absolute Gasteiger partial charge is 0.318 e. The van der Waals surface area contributed by atoms with Crippen molar-refractivity contribution in [2.24, 2.45) is 0 Å². The van der Waals surface area contributed by atoms with Gasteiger partial charge in [-0.05, 0) is 23.1 Å². The summed E-state index contributed by atoms with van der Waals surface area (Å²) in [6.07, 6.45) is 3.30. The lowest BCUT2D eigenvalue weighted by molar-refractivity contribution is -0.142. The molecule has 0 spiro atoms. The Morgan fingerprint density at radius 3 is 2.26 bits per heavy atom. The second-order valence-electron chi connectivity index (χ2n) is 5.70. The number of hydrogen-bond acceptors (Lipinski definition) is 2. The number of benzene rings is 2. The predicted octanol–water partition coefficient (Wildman–Crippen LogP) is 2.99. The monoisotopic (exact) mass is 308 g/mol. The molecule has 0 saturated carbocycles. The van der Waals surface area contributed by atoms with Crippen LogP contribution in [0.25, 0.3) is 0 Å². The molecule has 0 radical (unpaired) electrons. The van der Waals surface area contributed by atoms with E-state index in [2.05, 4.69) is 0 Å². The van der Waals surface area contributed by atoms with Crippen molar-refractivity contribution < 1.29 is 19.8 Å². The lowest BCUT2D eigenvalue weighted by Crippen LogP contribution is -2.40. The van der Waals surface area contributed by atoms with Crippen molar-refractivity contribution in [2.75, 3.05) is 0 Å². The van der Waals surface area contributed by atoms with E-state index in [1.165, 1.54) is 12.2 Å². The minimum absolute atomic E-state index is 0.281. The minimum atomic E-state index is -1.25. The Bertz CT molecular complexity index is 779. The SMILES string of the molecule is O=C(O)[C@H]1C=C[C@](Cc2ccccc2)(C(=O)O)c2ccccc21. The fraction of sp³-hybridized carbons (Fsp3) is 0.158. The lowest BCUT2D eigenvalue weighted by Gasteiger charge is -2.33. The van der Waals surface area contributed by atoms with Crippen molar-refractivity contribution in [3.63, 3.8) is 0 Å². The standard InChI is InChI=1S/C19H16O4/c20-17(21)15-10-11-19(18(22)23,12-13-6-2-1-3-7-13)16-9-5-4-8-14(15)16/h1-11,15H,12H2,(H,20,21)(H,22,23)/t15-,19+/m0/s1. The molecule has 1 aliphatic rings. The molecule has 2 N–H and O–H groups in total. The number of fused-ring (bicyclic) bond motifs is 1. The van der Waals surface area contributed by atoms with Gasteiger partial charge in [-0.1, -0.05) is 66.7 Å². The van der Waals surface area contributed by atoms with Gasteiger partial charge in [0.15, 0.2) is 0 Å². The fourth-order valence-corrected chi connectivity index (χ4v) is 3.18. The summed E-state index contributed by atoms with van der Waals surface area (Å²) in [6, 6.07) is 16.3. The van der Waals surface area contributed by atoms with Crippen LogP contribution in [0, 0.1) is 0 Å². The molecule has 0 amide bonds. The van der Waals surface area contributed by atoms with E-state index in [9.17, 15) is 19.8 Å². The summed E-state index contributed by atoms with van der Waals surface area (Å²) in [5.41, 5.74) is 0.736. The first-order chi connectivity index (χ1) is 11.0. The van der Waals surface area contributed by atoms with Gasteiger partial charge < -0.3 is 10.2 Å². The van der Waals surface area contributed by atoms with Crippen LogP contribution in [0.3, 0.4) is 0 Å². The van der Waals surface area contributed by atoms with Gasteiger partial charge in [0, 0.05) is 0 Å². The Kier molecular flexibility index (Phi) is 3.74. The molecule has 3 rings (SSSR count). The molecular formula is C19H16O4. The molecule has 2 aromatic carbocycles. The Morgan fingerprint density at radius 2 is 1.61 bits per heavy atom. The lowest BCUT2D eigenvalue weighted by atomic mass is 9.68. The van der Waals surface area contributed by atoms with Crippen LogP contribution in [-0.4, -0.2) is 22.2 Å². The van der Waals surface area contributed by atoms with Crippen LogP contribution in [0.5, 0.6) is 0 Å². The van der Waals surface area contributed by atoms with Crippen LogP contribution in [0.15, 0.2) is 66.7 Å². The van der Waals surface area contributed by atoms with Gasteiger partial charge in [-0.25, -0.2) is 0 Å². The van der Waals surface area contributed by atoms with E-state index < -0.39 is 23.3 Å². The average molecular weight is 308 g/mol. The molecule has 23 heavy (non-hydrogen) atoms. The van der Waals surface area contributed by atoms with Gasteiger partial charge in [-0.2, -0.15) is 0 Å². The van der Waals surface area contributed by atoms with E-state index in [0.717, 1.165) is 5.56 Å². The third-order valence-electron chi connectivity index (χ3n) is 4.32. The molecule has 4 nitrogen and oxygen atoms in total. The summed E-state index contributed by atoms with van der Waals surface area (Å²) in [5, 5.41) is 19.3. The van der Waals surface area contributed by atoms with Crippen molar-refractivity contribution in [3.05, 3.63) is 83.4 Å². The van der Waals surface area contributed by atoms with Crippen molar-refractivity contribution >= 4 is 11.9 Å². The average Bonchev–Trinajstić information content (AvgIpc) is 2.55. The second kappa shape index (κ2) is 5.72. The van der Waals surface area contributed by atoms with Crippen molar-refractivity contribution in [2.45, 2.75) is 17.8 Å². The first-order valence-electron chi connectivity index (χ1n) is 7.33. The molecule has 0 aliphatic heterocycles. The largest absolute Gasteiger partial charge is 0.481 e. The first kappa shape index (κ1) is 15.0.